The Balaban J connectivity index is 0. The first kappa shape index (κ1) is 20.5. The number of rotatable bonds is 11. The molecular formula is C14H32N2O3. The fourth-order valence-electron chi connectivity index (χ4n) is 1.97. The monoisotopic (exact) mass is 276 g/mol. The minimum atomic E-state index is -1.75. The van der Waals surface area contributed by atoms with Gasteiger partial charge in [-0.25, -0.2) is 0 Å². The Labute approximate surface area is 118 Å². The molecule has 0 aliphatic carbocycles. The van der Waals surface area contributed by atoms with Crippen molar-refractivity contribution in [1.29, 1.82) is 0 Å². The summed E-state index contributed by atoms with van der Waals surface area (Å²) in [6.07, 6.45) is 14.5. The molecule has 0 atom stereocenters. The van der Waals surface area contributed by atoms with Crippen LogP contribution >= 0.6 is 0 Å². The van der Waals surface area contributed by atoms with E-state index in [1.807, 2.05) is 0 Å². The Morgan fingerprint density at radius 2 is 1.11 bits per heavy atom. The fraction of sp³-hybridized carbons (Fsp3) is 1.00. The normalized spacial score (nSPS) is 10.1. The fourth-order valence-corrected chi connectivity index (χ4v) is 1.97. The van der Waals surface area contributed by atoms with Crippen LogP contribution in [0.15, 0.2) is 0 Å². The number of quaternary nitrogens is 1. The lowest BCUT2D eigenvalue weighted by Gasteiger charge is -2.06. The van der Waals surface area contributed by atoms with Gasteiger partial charge in [-0.05, 0) is 12.8 Å². The van der Waals surface area contributed by atoms with E-state index in [0.29, 0.717) is 0 Å². The Morgan fingerprint density at radius 1 is 0.789 bits per heavy atom. The second-order valence-corrected chi connectivity index (χ2v) is 5.36. The van der Waals surface area contributed by atoms with Crippen LogP contribution in [0.3, 0.4) is 0 Å². The molecule has 0 saturated heterocycles. The number of hydrogen-bond donors (Lipinski definition) is 1. The van der Waals surface area contributed by atoms with Crippen LogP contribution in [0.25, 0.3) is 0 Å². The average Bonchev–Trinajstić information content (AvgIpc) is 2.30. The van der Waals surface area contributed by atoms with Gasteiger partial charge in [0.2, 0.25) is 0 Å². The van der Waals surface area contributed by atoms with Crippen LogP contribution < -0.4 is 4.90 Å². The van der Waals surface area contributed by atoms with E-state index in [2.05, 4.69) is 21.0 Å². The third-order valence-electron chi connectivity index (χ3n) is 3.03. The number of hydrogen-bond acceptors (Lipinski definition) is 3. The molecule has 0 aromatic carbocycles. The van der Waals surface area contributed by atoms with E-state index in [1.165, 1.54) is 70.8 Å². The highest BCUT2D eigenvalue weighted by atomic mass is 16.9. The summed E-state index contributed by atoms with van der Waals surface area (Å²) >= 11 is 0. The maximum Gasteiger partial charge on any atom is 0.0766 e. The van der Waals surface area contributed by atoms with Crippen LogP contribution in [-0.2, 0) is 0 Å². The number of nitrogens with one attached hydrogen (secondary N) is 1. The first-order chi connectivity index (χ1) is 9.00. The third kappa shape index (κ3) is 31.7. The van der Waals surface area contributed by atoms with Crippen LogP contribution in [0.4, 0.5) is 0 Å². The molecule has 0 amide bonds. The topological polar surface area (TPSA) is 70.6 Å². The van der Waals surface area contributed by atoms with Gasteiger partial charge in [0, 0.05) is 0 Å². The van der Waals surface area contributed by atoms with Gasteiger partial charge in [-0.1, -0.05) is 58.3 Å². The summed E-state index contributed by atoms with van der Waals surface area (Å²) in [5.74, 6) is 0. The lowest BCUT2D eigenvalue weighted by Crippen LogP contribution is -3.05. The van der Waals surface area contributed by atoms with Gasteiger partial charge >= 0.3 is 0 Å². The van der Waals surface area contributed by atoms with Crippen molar-refractivity contribution < 1.29 is 9.99 Å². The Kier molecular flexibility index (Phi) is 18.5. The number of nitrogens with zero attached hydrogens (tertiary/aromatic N) is 1. The van der Waals surface area contributed by atoms with Gasteiger partial charge in [0.25, 0.3) is 0 Å². The minimum absolute atomic E-state index is 1.34. The summed E-state index contributed by atoms with van der Waals surface area (Å²) in [6.45, 7) is 3.63. The molecule has 116 valence electrons. The Morgan fingerprint density at radius 3 is 1.42 bits per heavy atom. The largest absolute Gasteiger partial charge is 0.356 e. The molecule has 1 N–H and O–H groups in total. The highest BCUT2D eigenvalue weighted by Crippen LogP contribution is 2.09. The van der Waals surface area contributed by atoms with E-state index >= 15 is 0 Å². The summed E-state index contributed by atoms with van der Waals surface area (Å²) in [5.41, 5.74) is 0. The number of unbranched alkanes of at least 4 members (excludes halogenated alkanes) is 9. The quantitative estimate of drug-likeness (QED) is 0.358. The SMILES string of the molecule is CCCCCCCCCCCC[NH+](C)C.O=[N+]([O-])[O-]. The van der Waals surface area contributed by atoms with E-state index < -0.39 is 5.09 Å². The summed E-state index contributed by atoms with van der Waals surface area (Å²) in [4.78, 5) is 9.84. The van der Waals surface area contributed by atoms with Crippen LogP contribution in [0.2, 0.25) is 0 Å². The molecule has 0 rings (SSSR count). The highest BCUT2D eigenvalue weighted by molar-refractivity contribution is 4.46. The van der Waals surface area contributed by atoms with E-state index in [-0.39, 0.29) is 0 Å². The molecule has 0 fully saturated rings. The lowest BCUT2D eigenvalue weighted by molar-refractivity contribution is -0.858. The second kappa shape index (κ2) is 17.2. The molecule has 0 aromatic heterocycles. The van der Waals surface area contributed by atoms with Crippen LogP contribution in [-0.4, -0.2) is 25.7 Å². The minimum Gasteiger partial charge on any atom is -0.356 e. The molecule has 0 aliphatic rings. The molecule has 0 aliphatic heterocycles. The molecule has 0 saturated carbocycles. The first-order valence-corrected chi connectivity index (χ1v) is 7.61. The van der Waals surface area contributed by atoms with E-state index in [0.717, 1.165) is 0 Å². The second-order valence-electron chi connectivity index (χ2n) is 5.36. The predicted molar refractivity (Wildman–Crippen MR) is 79.9 cm³/mol. The first-order valence-electron chi connectivity index (χ1n) is 7.61. The lowest BCUT2D eigenvalue weighted by atomic mass is 10.1. The average molecular weight is 276 g/mol. The summed E-state index contributed by atoms with van der Waals surface area (Å²) in [6, 6.07) is 0. The van der Waals surface area contributed by atoms with Crippen molar-refractivity contribution >= 4 is 0 Å². The van der Waals surface area contributed by atoms with Crippen molar-refractivity contribution in [1.82, 2.24) is 0 Å². The van der Waals surface area contributed by atoms with Crippen molar-refractivity contribution in [3.63, 3.8) is 0 Å². The third-order valence-corrected chi connectivity index (χ3v) is 3.03. The van der Waals surface area contributed by atoms with Crippen LogP contribution in [0, 0.1) is 15.3 Å². The van der Waals surface area contributed by atoms with Gasteiger partial charge in [0.15, 0.2) is 0 Å². The highest BCUT2D eigenvalue weighted by Gasteiger charge is 1.94. The van der Waals surface area contributed by atoms with E-state index in [1.54, 1.807) is 4.90 Å². The smallest absolute Gasteiger partial charge is 0.0766 e. The zero-order valence-corrected chi connectivity index (χ0v) is 13.0. The summed E-state index contributed by atoms with van der Waals surface area (Å²) in [7, 11) is 4.49. The molecule has 0 spiro atoms. The maximum absolute atomic E-state index is 8.25. The van der Waals surface area contributed by atoms with Crippen molar-refractivity contribution in [2.24, 2.45) is 0 Å². The van der Waals surface area contributed by atoms with Crippen molar-refractivity contribution in [2.45, 2.75) is 71.1 Å². The molecule has 19 heavy (non-hydrogen) atoms. The van der Waals surface area contributed by atoms with Crippen LogP contribution in [0.5, 0.6) is 0 Å². The van der Waals surface area contributed by atoms with Crippen molar-refractivity contribution in [3.8, 4) is 0 Å². The summed E-state index contributed by atoms with van der Waals surface area (Å²) in [5, 5.41) is 14.8. The molecular weight excluding hydrogens is 244 g/mol. The van der Waals surface area contributed by atoms with Gasteiger partial charge in [-0.2, -0.15) is 0 Å². The summed E-state index contributed by atoms with van der Waals surface area (Å²) < 4.78 is 0. The molecule has 0 aromatic rings. The predicted octanol–water partition coefficient (Wildman–Crippen LogP) is 2.81. The molecule has 0 heterocycles. The van der Waals surface area contributed by atoms with E-state index in [9.17, 15) is 0 Å². The molecule has 0 bridgehead atoms. The van der Waals surface area contributed by atoms with Crippen molar-refractivity contribution in [2.75, 3.05) is 20.6 Å². The maximum atomic E-state index is 8.25. The van der Waals surface area contributed by atoms with Gasteiger partial charge in [0.05, 0.1) is 25.7 Å². The molecule has 0 unspecified atom stereocenters. The Hall–Kier alpha value is -0.840. The van der Waals surface area contributed by atoms with Gasteiger partial charge < -0.3 is 20.2 Å². The molecule has 5 heteroatoms. The van der Waals surface area contributed by atoms with E-state index in [4.69, 9.17) is 15.3 Å². The molecule has 5 nitrogen and oxygen atoms in total. The van der Waals surface area contributed by atoms with Gasteiger partial charge in [0.1, 0.15) is 0 Å². The van der Waals surface area contributed by atoms with Crippen molar-refractivity contribution in [3.05, 3.63) is 15.3 Å². The van der Waals surface area contributed by atoms with Gasteiger partial charge in [-0.15, -0.1) is 0 Å². The molecule has 0 radical (unpaired) electrons. The Bertz CT molecular complexity index is 184. The van der Waals surface area contributed by atoms with Gasteiger partial charge in [-0.3, -0.25) is 0 Å². The standard InChI is InChI=1S/C14H31N.NO3/c1-4-5-6-7-8-9-10-11-12-13-14-15(2)3;2-1(3)4/h4-14H2,1-3H3;/q;-1/p+1. The zero-order chi connectivity index (χ0) is 14.9. The van der Waals surface area contributed by atoms with Crippen LogP contribution in [0.1, 0.15) is 71.1 Å². The zero-order valence-electron chi connectivity index (χ0n) is 13.0.